The van der Waals surface area contributed by atoms with Crippen molar-refractivity contribution < 1.29 is 4.79 Å². The summed E-state index contributed by atoms with van der Waals surface area (Å²) in [5, 5.41) is 6.91. The average Bonchev–Trinajstić information content (AvgIpc) is 3.28. The SMILES string of the molecule is CCSc1nccn1-c1ccc(NC)cc1.O=CNC1CCCC1. The van der Waals surface area contributed by atoms with E-state index in [4.69, 9.17) is 0 Å². The number of anilines is 1. The van der Waals surface area contributed by atoms with Gasteiger partial charge in [-0.05, 0) is 42.9 Å². The molecule has 0 radical (unpaired) electrons. The van der Waals surface area contributed by atoms with Crippen LogP contribution in [0.1, 0.15) is 32.6 Å². The summed E-state index contributed by atoms with van der Waals surface area (Å²) in [5.74, 6) is 1.03. The van der Waals surface area contributed by atoms with Crippen LogP contribution in [0.2, 0.25) is 0 Å². The Bertz CT molecular complexity index is 606. The smallest absolute Gasteiger partial charge is 0.207 e. The molecule has 1 aromatic carbocycles. The first-order valence-electron chi connectivity index (χ1n) is 8.42. The highest BCUT2D eigenvalue weighted by Crippen LogP contribution is 2.21. The van der Waals surface area contributed by atoms with Gasteiger partial charge in [-0.1, -0.05) is 31.5 Å². The number of benzene rings is 1. The number of carbonyl (C=O) groups is 1. The minimum absolute atomic E-state index is 0.493. The van der Waals surface area contributed by atoms with Crippen LogP contribution < -0.4 is 10.6 Å². The van der Waals surface area contributed by atoms with Crippen LogP contribution in [0.4, 0.5) is 5.69 Å². The number of thioether (sulfide) groups is 1. The van der Waals surface area contributed by atoms with Gasteiger partial charge in [-0.15, -0.1) is 0 Å². The summed E-state index contributed by atoms with van der Waals surface area (Å²) in [4.78, 5) is 14.2. The molecule has 2 N–H and O–H groups in total. The monoisotopic (exact) mass is 346 g/mol. The van der Waals surface area contributed by atoms with E-state index in [9.17, 15) is 4.79 Å². The van der Waals surface area contributed by atoms with Crippen LogP contribution in [0.15, 0.2) is 41.8 Å². The van der Waals surface area contributed by atoms with Crippen molar-refractivity contribution >= 4 is 23.9 Å². The van der Waals surface area contributed by atoms with E-state index in [0.29, 0.717) is 6.04 Å². The Balaban J connectivity index is 0.000000219. The van der Waals surface area contributed by atoms with Crippen LogP contribution in [0.25, 0.3) is 5.69 Å². The molecule has 3 rings (SSSR count). The topological polar surface area (TPSA) is 59.0 Å². The van der Waals surface area contributed by atoms with Gasteiger partial charge in [0.25, 0.3) is 0 Å². The van der Waals surface area contributed by atoms with E-state index in [2.05, 4.69) is 51.4 Å². The van der Waals surface area contributed by atoms with Crippen molar-refractivity contribution in [1.29, 1.82) is 0 Å². The molecule has 1 fully saturated rings. The number of amides is 1. The predicted octanol–water partition coefficient (Wildman–Crippen LogP) is 3.70. The molecule has 0 bridgehead atoms. The van der Waals surface area contributed by atoms with E-state index in [0.717, 1.165) is 28.7 Å². The van der Waals surface area contributed by atoms with Gasteiger partial charge in [-0.2, -0.15) is 0 Å². The van der Waals surface area contributed by atoms with Crippen LogP contribution in [0.3, 0.4) is 0 Å². The van der Waals surface area contributed by atoms with Gasteiger partial charge >= 0.3 is 0 Å². The molecule has 1 aliphatic carbocycles. The Morgan fingerprint density at radius 1 is 1.29 bits per heavy atom. The van der Waals surface area contributed by atoms with Gasteiger partial charge in [-0.25, -0.2) is 4.98 Å². The third kappa shape index (κ3) is 5.30. The summed E-state index contributed by atoms with van der Waals surface area (Å²) < 4.78 is 2.10. The fraction of sp³-hybridized carbons (Fsp3) is 0.444. The van der Waals surface area contributed by atoms with E-state index in [-0.39, 0.29) is 0 Å². The standard InChI is InChI=1S/C12H15N3S.C6H11NO/c1-3-16-12-14-8-9-15(12)11-6-4-10(13-2)5-7-11;8-5-7-6-3-1-2-4-6/h4-9,13H,3H2,1-2H3;5-6H,1-4H2,(H,7,8). The van der Waals surface area contributed by atoms with E-state index in [1.807, 2.05) is 19.4 Å². The van der Waals surface area contributed by atoms with E-state index in [1.54, 1.807) is 11.8 Å². The summed E-state index contributed by atoms with van der Waals surface area (Å²) in [6.07, 6.45) is 9.56. The molecule has 0 saturated heterocycles. The summed E-state index contributed by atoms with van der Waals surface area (Å²) in [6.45, 7) is 2.13. The first-order valence-corrected chi connectivity index (χ1v) is 9.41. The molecule has 6 heteroatoms. The second-order valence-corrected chi connectivity index (χ2v) is 6.81. The minimum Gasteiger partial charge on any atom is -0.388 e. The molecule has 1 heterocycles. The van der Waals surface area contributed by atoms with E-state index in [1.165, 1.54) is 25.7 Å². The average molecular weight is 347 g/mol. The summed E-state index contributed by atoms with van der Waals surface area (Å²) in [7, 11) is 1.92. The van der Waals surface area contributed by atoms with Crippen LogP contribution >= 0.6 is 11.8 Å². The third-order valence-corrected chi connectivity index (χ3v) is 4.82. The predicted molar refractivity (Wildman–Crippen MR) is 101 cm³/mol. The Hall–Kier alpha value is -1.95. The molecular weight excluding hydrogens is 320 g/mol. The van der Waals surface area contributed by atoms with Crippen molar-refractivity contribution in [2.75, 3.05) is 18.1 Å². The van der Waals surface area contributed by atoms with Crippen molar-refractivity contribution in [3.05, 3.63) is 36.7 Å². The van der Waals surface area contributed by atoms with Crippen LogP contribution in [-0.4, -0.2) is 34.8 Å². The van der Waals surface area contributed by atoms with Crippen LogP contribution in [-0.2, 0) is 4.79 Å². The fourth-order valence-electron chi connectivity index (χ4n) is 2.70. The Morgan fingerprint density at radius 2 is 2.00 bits per heavy atom. The molecular formula is C18H26N4OS. The number of nitrogens with one attached hydrogen (secondary N) is 2. The molecule has 130 valence electrons. The maximum atomic E-state index is 9.85. The number of nitrogens with zero attached hydrogens (tertiary/aromatic N) is 2. The van der Waals surface area contributed by atoms with Crippen molar-refractivity contribution in [1.82, 2.24) is 14.9 Å². The minimum atomic E-state index is 0.493. The van der Waals surface area contributed by atoms with Gasteiger partial charge in [0, 0.05) is 36.9 Å². The lowest BCUT2D eigenvalue weighted by molar-refractivity contribution is -0.110. The van der Waals surface area contributed by atoms with Gasteiger partial charge in [0.05, 0.1) is 0 Å². The lowest BCUT2D eigenvalue weighted by atomic mass is 10.3. The Kier molecular flexibility index (Phi) is 7.68. The number of hydrogen-bond donors (Lipinski definition) is 2. The Labute approximate surface area is 148 Å². The second kappa shape index (κ2) is 10.0. The molecule has 2 aromatic rings. The molecule has 1 aliphatic rings. The molecule has 5 nitrogen and oxygen atoms in total. The third-order valence-electron chi connectivity index (χ3n) is 3.97. The number of hydrogen-bond acceptors (Lipinski definition) is 4. The van der Waals surface area contributed by atoms with Crippen LogP contribution in [0.5, 0.6) is 0 Å². The molecule has 0 atom stereocenters. The van der Waals surface area contributed by atoms with E-state index < -0.39 is 0 Å². The summed E-state index contributed by atoms with van der Waals surface area (Å²) in [5.41, 5.74) is 2.26. The van der Waals surface area contributed by atoms with E-state index >= 15 is 0 Å². The zero-order chi connectivity index (χ0) is 17.2. The molecule has 24 heavy (non-hydrogen) atoms. The number of aromatic nitrogens is 2. The highest BCUT2D eigenvalue weighted by Gasteiger charge is 2.12. The van der Waals surface area contributed by atoms with Crippen LogP contribution in [0, 0.1) is 0 Å². The zero-order valence-electron chi connectivity index (χ0n) is 14.4. The molecule has 0 aliphatic heterocycles. The van der Waals surface area contributed by atoms with Crippen molar-refractivity contribution in [2.45, 2.75) is 43.8 Å². The van der Waals surface area contributed by atoms with Crippen molar-refractivity contribution in [2.24, 2.45) is 0 Å². The first kappa shape index (κ1) is 18.4. The quantitative estimate of drug-likeness (QED) is 0.618. The largest absolute Gasteiger partial charge is 0.388 e. The molecule has 1 aromatic heterocycles. The maximum Gasteiger partial charge on any atom is 0.207 e. The van der Waals surface area contributed by atoms with Gasteiger partial charge < -0.3 is 10.6 Å². The molecule has 0 unspecified atom stereocenters. The molecule has 1 amide bonds. The molecule has 0 spiro atoms. The molecule has 1 saturated carbocycles. The lowest BCUT2D eigenvalue weighted by Crippen LogP contribution is -2.23. The van der Waals surface area contributed by atoms with Crippen molar-refractivity contribution in [3.8, 4) is 5.69 Å². The number of carbonyl (C=O) groups excluding carboxylic acids is 1. The summed E-state index contributed by atoms with van der Waals surface area (Å²) in [6, 6.07) is 8.80. The zero-order valence-corrected chi connectivity index (χ0v) is 15.2. The highest BCUT2D eigenvalue weighted by atomic mass is 32.2. The first-order chi connectivity index (χ1) is 11.8. The van der Waals surface area contributed by atoms with Gasteiger partial charge in [0.15, 0.2) is 5.16 Å². The lowest BCUT2D eigenvalue weighted by Gasteiger charge is -2.07. The van der Waals surface area contributed by atoms with Gasteiger partial charge in [0.2, 0.25) is 6.41 Å². The fourth-order valence-corrected chi connectivity index (χ4v) is 3.40. The Morgan fingerprint density at radius 3 is 2.58 bits per heavy atom. The maximum absolute atomic E-state index is 9.85. The number of imidazole rings is 1. The summed E-state index contributed by atoms with van der Waals surface area (Å²) >= 11 is 1.75. The van der Waals surface area contributed by atoms with Gasteiger partial charge in [0.1, 0.15) is 0 Å². The normalized spacial score (nSPS) is 13.9. The highest BCUT2D eigenvalue weighted by molar-refractivity contribution is 7.99. The second-order valence-electron chi connectivity index (χ2n) is 5.58. The van der Waals surface area contributed by atoms with Crippen molar-refractivity contribution in [3.63, 3.8) is 0 Å². The van der Waals surface area contributed by atoms with Gasteiger partial charge in [-0.3, -0.25) is 9.36 Å². The number of rotatable bonds is 6.